The third kappa shape index (κ3) is 1.90. The van der Waals surface area contributed by atoms with Gasteiger partial charge in [0.05, 0.1) is 12.1 Å². The Morgan fingerprint density at radius 3 is 2.71 bits per heavy atom. The second-order valence-electron chi connectivity index (χ2n) is 5.27. The molecule has 1 fully saturated rings. The van der Waals surface area contributed by atoms with E-state index >= 15 is 0 Å². The van der Waals surface area contributed by atoms with E-state index in [1.54, 1.807) is 6.33 Å². The van der Waals surface area contributed by atoms with Crippen molar-refractivity contribution in [2.45, 2.75) is 50.5 Å². The van der Waals surface area contributed by atoms with Gasteiger partial charge >= 0.3 is 0 Å². The van der Waals surface area contributed by atoms with Crippen LogP contribution in [0.1, 0.15) is 43.4 Å². The molecule has 17 heavy (non-hydrogen) atoms. The second-order valence-corrected chi connectivity index (χ2v) is 5.27. The Kier molecular flexibility index (Phi) is 2.74. The highest BCUT2D eigenvalue weighted by Gasteiger charge is 2.37. The fourth-order valence-corrected chi connectivity index (χ4v) is 2.81. The van der Waals surface area contributed by atoms with E-state index in [-0.39, 0.29) is 12.1 Å². The third-order valence-corrected chi connectivity index (χ3v) is 4.12. The fourth-order valence-electron chi connectivity index (χ4n) is 2.81. The van der Waals surface area contributed by atoms with Crippen molar-refractivity contribution in [3.05, 3.63) is 17.6 Å². The molecule has 0 unspecified atom stereocenters. The van der Waals surface area contributed by atoms with Crippen molar-refractivity contribution in [2.75, 3.05) is 11.9 Å². The minimum atomic E-state index is -0.112. The number of hydrogen-bond acceptors (Lipinski definition) is 4. The summed E-state index contributed by atoms with van der Waals surface area (Å²) in [5.74, 6) is 0.962. The highest BCUT2D eigenvalue weighted by molar-refractivity contribution is 5.49. The van der Waals surface area contributed by atoms with Crippen LogP contribution < -0.4 is 5.32 Å². The van der Waals surface area contributed by atoms with Crippen molar-refractivity contribution < 1.29 is 5.11 Å². The lowest BCUT2D eigenvalue weighted by Crippen LogP contribution is -2.48. The van der Waals surface area contributed by atoms with E-state index in [0.29, 0.717) is 0 Å². The molecule has 0 radical (unpaired) electrons. The summed E-state index contributed by atoms with van der Waals surface area (Å²) in [5.41, 5.74) is 2.36. The van der Waals surface area contributed by atoms with Crippen LogP contribution in [0.3, 0.4) is 0 Å². The molecule has 1 heterocycles. The molecule has 1 aromatic rings. The zero-order valence-electron chi connectivity index (χ0n) is 10.1. The number of aliphatic hydroxyl groups excluding tert-OH is 1. The number of rotatable bonds is 3. The molecule has 0 bridgehead atoms. The summed E-state index contributed by atoms with van der Waals surface area (Å²) in [6, 6.07) is 0. The standard InChI is InChI=1S/C13H19N3O/c17-8-13(6-3-7-13)16-12-10-4-1-2-5-11(10)14-9-15-12/h9,17H,1-8H2,(H,14,15,16). The van der Waals surface area contributed by atoms with E-state index in [0.717, 1.165) is 31.5 Å². The quantitative estimate of drug-likeness (QED) is 0.834. The molecule has 1 aromatic heterocycles. The number of anilines is 1. The molecule has 2 aliphatic carbocycles. The third-order valence-electron chi connectivity index (χ3n) is 4.12. The minimum Gasteiger partial charge on any atom is -0.394 e. The number of nitrogens with one attached hydrogen (secondary N) is 1. The molecule has 0 atom stereocenters. The van der Waals surface area contributed by atoms with Crippen LogP contribution in [-0.2, 0) is 12.8 Å². The van der Waals surface area contributed by atoms with Crippen LogP contribution >= 0.6 is 0 Å². The van der Waals surface area contributed by atoms with Crippen LogP contribution in [0.25, 0.3) is 0 Å². The van der Waals surface area contributed by atoms with E-state index in [1.807, 2.05) is 0 Å². The van der Waals surface area contributed by atoms with Crippen molar-refractivity contribution >= 4 is 5.82 Å². The Morgan fingerprint density at radius 1 is 1.18 bits per heavy atom. The molecule has 4 heteroatoms. The predicted molar refractivity (Wildman–Crippen MR) is 66.0 cm³/mol. The largest absolute Gasteiger partial charge is 0.394 e. The van der Waals surface area contributed by atoms with E-state index in [9.17, 15) is 5.11 Å². The second kappa shape index (κ2) is 4.26. The predicted octanol–water partition coefficient (Wildman–Crippen LogP) is 1.68. The average Bonchev–Trinajstić information content (AvgIpc) is 2.34. The van der Waals surface area contributed by atoms with Gasteiger partial charge in [0.15, 0.2) is 0 Å². The molecule has 0 aromatic carbocycles. The van der Waals surface area contributed by atoms with Gasteiger partial charge < -0.3 is 10.4 Å². The molecule has 0 spiro atoms. The summed E-state index contributed by atoms with van der Waals surface area (Å²) in [6.45, 7) is 0.200. The monoisotopic (exact) mass is 233 g/mol. The normalized spacial score (nSPS) is 21.5. The van der Waals surface area contributed by atoms with E-state index in [2.05, 4.69) is 15.3 Å². The minimum absolute atomic E-state index is 0.112. The Hall–Kier alpha value is -1.16. The van der Waals surface area contributed by atoms with Crippen molar-refractivity contribution in [1.29, 1.82) is 0 Å². The van der Waals surface area contributed by atoms with Crippen molar-refractivity contribution in [3.63, 3.8) is 0 Å². The number of fused-ring (bicyclic) bond motifs is 1. The van der Waals surface area contributed by atoms with Gasteiger partial charge in [-0.05, 0) is 44.9 Å². The number of nitrogens with zero attached hydrogens (tertiary/aromatic N) is 2. The number of hydrogen-bond donors (Lipinski definition) is 2. The molecule has 0 saturated heterocycles. The molecule has 4 nitrogen and oxygen atoms in total. The lowest BCUT2D eigenvalue weighted by molar-refractivity contribution is 0.143. The summed E-state index contributed by atoms with van der Waals surface area (Å²) < 4.78 is 0. The van der Waals surface area contributed by atoms with Gasteiger partial charge in [-0.3, -0.25) is 0 Å². The SMILES string of the molecule is OCC1(Nc2ncnc3c2CCCC3)CCC1. The van der Waals surface area contributed by atoms with E-state index in [1.165, 1.54) is 30.5 Å². The van der Waals surface area contributed by atoms with Gasteiger partial charge in [-0.1, -0.05) is 0 Å². The maximum absolute atomic E-state index is 9.50. The summed E-state index contributed by atoms with van der Waals surface area (Å²) >= 11 is 0. The van der Waals surface area contributed by atoms with Crippen LogP contribution in [0.5, 0.6) is 0 Å². The van der Waals surface area contributed by atoms with E-state index < -0.39 is 0 Å². The maximum Gasteiger partial charge on any atom is 0.133 e. The average molecular weight is 233 g/mol. The zero-order valence-corrected chi connectivity index (χ0v) is 10.1. The summed E-state index contributed by atoms with van der Waals surface area (Å²) in [7, 11) is 0. The molecule has 2 N–H and O–H groups in total. The molecule has 1 saturated carbocycles. The fraction of sp³-hybridized carbons (Fsp3) is 0.692. The van der Waals surface area contributed by atoms with Gasteiger partial charge in [0.2, 0.25) is 0 Å². The lowest BCUT2D eigenvalue weighted by atomic mass is 9.77. The molecule has 0 aliphatic heterocycles. The first kappa shape index (κ1) is 11.0. The van der Waals surface area contributed by atoms with Crippen molar-refractivity contribution in [1.82, 2.24) is 9.97 Å². The number of aryl methyl sites for hydroxylation is 1. The summed E-state index contributed by atoms with van der Waals surface area (Å²) in [6.07, 6.45) is 9.52. The van der Waals surface area contributed by atoms with Crippen LogP contribution in [0, 0.1) is 0 Å². The first-order valence-electron chi connectivity index (χ1n) is 6.55. The summed E-state index contributed by atoms with van der Waals surface area (Å²) in [5, 5.41) is 13.0. The smallest absolute Gasteiger partial charge is 0.133 e. The molecule has 2 aliphatic rings. The maximum atomic E-state index is 9.50. The van der Waals surface area contributed by atoms with E-state index in [4.69, 9.17) is 0 Å². The number of aromatic nitrogens is 2. The Bertz CT molecular complexity index is 410. The molecular formula is C13H19N3O. The van der Waals surface area contributed by atoms with Gasteiger partial charge in [0.25, 0.3) is 0 Å². The van der Waals surface area contributed by atoms with Crippen LogP contribution in [0.2, 0.25) is 0 Å². The molecule has 0 amide bonds. The highest BCUT2D eigenvalue weighted by atomic mass is 16.3. The Balaban J connectivity index is 1.87. The van der Waals surface area contributed by atoms with Crippen molar-refractivity contribution in [2.24, 2.45) is 0 Å². The van der Waals surface area contributed by atoms with Gasteiger partial charge in [-0.25, -0.2) is 9.97 Å². The van der Waals surface area contributed by atoms with Gasteiger partial charge in [-0.2, -0.15) is 0 Å². The van der Waals surface area contributed by atoms with Crippen molar-refractivity contribution in [3.8, 4) is 0 Å². The van der Waals surface area contributed by atoms with Gasteiger partial charge in [0.1, 0.15) is 12.1 Å². The first-order valence-corrected chi connectivity index (χ1v) is 6.55. The van der Waals surface area contributed by atoms with Gasteiger partial charge in [-0.15, -0.1) is 0 Å². The topological polar surface area (TPSA) is 58.0 Å². The Labute approximate surface area is 101 Å². The Morgan fingerprint density at radius 2 is 2.00 bits per heavy atom. The molecule has 3 rings (SSSR count). The van der Waals surface area contributed by atoms with Crippen LogP contribution in [0.4, 0.5) is 5.82 Å². The molecule has 92 valence electrons. The summed E-state index contributed by atoms with van der Waals surface area (Å²) in [4.78, 5) is 8.74. The number of aliphatic hydroxyl groups is 1. The van der Waals surface area contributed by atoms with Crippen LogP contribution in [0.15, 0.2) is 6.33 Å². The van der Waals surface area contributed by atoms with Gasteiger partial charge in [0, 0.05) is 11.3 Å². The lowest BCUT2D eigenvalue weighted by Gasteiger charge is -2.42. The zero-order chi connectivity index (χ0) is 11.7. The first-order chi connectivity index (χ1) is 8.33. The van der Waals surface area contributed by atoms with Crippen LogP contribution in [-0.4, -0.2) is 27.2 Å². The highest BCUT2D eigenvalue weighted by Crippen LogP contribution is 2.36. The molecular weight excluding hydrogens is 214 g/mol.